The second kappa shape index (κ2) is 8.84. The first-order chi connectivity index (χ1) is 14.5. The van der Waals surface area contributed by atoms with Gasteiger partial charge in [0, 0.05) is 33.8 Å². The quantitative estimate of drug-likeness (QED) is 0.156. The lowest BCUT2D eigenvalue weighted by molar-refractivity contribution is -0.575. The number of benzene rings is 3. The molecule has 0 radical (unpaired) electrons. The van der Waals surface area contributed by atoms with E-state index in [2.05, 4.69) is 5.32 Å². The Kier molecular flexibility index (Phi) is 6.00. The number of aliphatic hydroxyl groups is 1. The Labute approximate surface area is 189 Å². The second-order valence-corrected chi connectivity index (χ2v) is 7.84. The Balaban J connectivity index is 1.83. The number of aromatic nitrogens is 1. The number of thiocarbonyl (C=S) groups is 1. The van der Waals surface area contributed by atoms with Crippen LogP contribution in [0.25, 0.3) is 22.2 Å². The minimum absolute atomic E-state index is 0.0504. The largest absolute Gasteiger partial charge is 0.502 e. The van der Waals surface area contributed by atoms with E-state index in [0.717, 1.165) is 16.5 Å². The Morgan fingerprint density at radius 1 is 0.867 bits per heavy atom. The second-order valence-electron chi connectivity index (χ2n) is 6.58. The highest BCUT2D eigenvalue weighted by atomic mass is 35.5. The fraction of sp³-hybridized carbons (Fsp3) is 0. The zero-order valence-corrected chi connectivity index (χ0v) is 18.0. The highest BCUT2D eigenvalue weighted by Crippen LogP contribution is 2.29. The molecule has 0 aliphatic carbocycles. The molecule has 0 bridgehead atoms. The molecular weight excluding hydrogens is 435 g/mol. The van der Waals surface area contributed by atoms with Gasteiger partial charge >= 0.3 is 0 Å². The molecule has 30 heavy (non-hydrogen) atoms. The lowest BCUT2D eigenvalue weighted by Crippen LogP contribution is -2.38. The molecule has 4 rings (SSSR count). The molecular formula is C24H17Cl2N2OS+. The van der Waals surface area contributed by atoms with Crippen LogP contribution in [0, 0.1) is 0 Å². The van der Waals surface area contributed by atoms with Crippen LogP contribution in [0.4, 0.5) is 5.69 Å². The SMILES string of the molecule is OC(=C(C(=S)Nc1cccc2ccccc12)[n+]1ccccc1)c1ccc(Cl)cc1Cl. The van der Waals surface area contributed by atoms with Crippen LogP contribution in [-0.2, 0) is 0 Å². The van der Waals surface area contributed by atoms with Crippen LogP contribution in [0.5, 0.6) is 0 Å². The Hall–Kier alpha value is -2.92. The molecule has 0 fully saturated rings. The summed E-state index contributed by atoms with van der Waals surface area (Å²) in [5.74, 6) is -0.0504. The van der Waals surface area contributed by atoms with Crippen molar-refractivity contribution in [1.82, 2.24) is 0 Å². The normalized spacial score (nSPS) is 11.8. The fourth-order valence-corrected chi connectivity index (χ4v) is 4.03. The van der Waals surface area contributed by atoms with Crippen LogP contribution < -0.4 is 9.88 Å². The van der Waals surface area contributed by atoms with Gasteiger partial charge in [-0.1, -0.05) is 77.9 Å². The summed E-state index contributed by atoms with van der Waals surface area (Å²) in [4.78, 5) is 0.353. The molecule has 0 aliphatic rings. The van der Waals surface area contributed by atoms with E-state index in [0.29, 0.717) is 26.3 Å². The number of nitrogens with one attached hydrogen (secondary N) is 1. The van der Waals surface area contributed by atoms with Crippen molar-refractivity contribution >= 4 is 68.3 Å². The average molecular weight is 452 g/mol. The molecule has 0 aliphatic heterocycles. The van der Waals surface area contributed by atoms with Crippen molar-refractivity contribution < 1.29 is 9.67 Å². The third kappa shape index (κ3) is 4.17. The summed E-state index contributed by atoms with van der Waals surface area (Å²) in [6.45, 7) is 0. The summed E-state index contributed by atoms with van der Waals surface area (Å²) in [6.07, 6.45) is 3.62. The summed E-state index contributed by atoms with van der Waals surface area (Å²) >= 11 is 18.1. The maximum absolute atomic E-state index is 11.2. The van der Waals surface area contributed by atoms with E-state index in [9.17, 15) is 5.11 Å². The Morgan fingerprint density at radius 3 is 2.37 bits per heavy atom. The van der Waals surface area contributed by atoms with Crippen LogP contribution in [0.2, 0.25) is 10.0 Å². The van der Waals surface area contributed by atoms with Crippen LogP contribution in [0.1, 0.15) is 5.56 Å². The van der Waals surface area contributed by atoms with Gasteiger partial charge in [0.05, 0.1) is 5.02 Å². The van der Waals surface area contributed by atoms with Gasteiger partial charge in [0.2, 0.25) is 5.76 Å². The minimum atomic E-state index is -0.0504. The van der Waals surface area contributed by atoms with Crippen LogP contribution in [-0.4, -0.2) is 10.1 Å². The maximum Gasteiger partial charge on any atom is 0.288 e. The van der Waals surface area contributed by atoms with E-state index in [1.54, 1.807) is 22.8 Å². The van der Waals surface area contributed by atoms with Crippen molar-refractivity contribution in [1.29, 1.82) is 0 Å². The summed E-state index contributed by atoms with van der Waals surface area (Å²) < 4.78 is 1.75. The van der Waals surface area contributed by atoms with E-state index >= 15 is 0 Å². The minimum Gasteiger partial charge on any atom is -0.502 e. The summed E-state index contributed by atoms with van der Waals surface area (Å²) in [5.41, 5.74) is 1.69. The standard InChI is InChI=1S/C24H16Cl2N2OS/c25-17-11-12-19(20(26)15-17)23(29)22(28-13-4-1-5-14-28)24(30)27-21-10-6-8-16-7-2-3-9-18(16)21/h1-15H,(H-,27,29,30)/p+1. The lowest BCUT2D eigenvalue weighted by atomic mass is 10.1. The Morgan fingerprint density at radius 2 is 1.60 bits per heavy atom. The fourth-order valence-electron chi connectivity index (χ4n) is 3.22. The number of nitrogens with zero attached hydrogens (tertiary/aromatic N) is 1. The smallest absolute Gasteiger partial charge is 0.288 e. The molecule has 0 saturated heterocycles. The van der Waals surface area contributed by atoms with Crippen molar-refractivity contribution in [3.8, 4) is 0 Å². The monoisotopic (exact) mass is 451 g/mol. The van der Waals surface area contributed by atoms with Gasteiger partial charge in [-0.25, -0.2) is 0 Å². The first kappa shape index (κ1) is 20.4. The number of fused-ring (bicyclic) bond motifs is 1. The van der Waals surface area contributed by atoms with Crippen molar-refractivity contribution in [3.63, 3.8) is 0 Å². The van der Waals surface area contributed by atoms with Crippen LogP contribution >= 0.6 is 35.4 Å². The van der Waals surface area contributed by atoms with Crippen molar-refractivity contribution in [3.05, 3.63) is 107 Å². The number of halogens is 2. The van der Waals surface area contributed by atoms with Gasteiger partial charge < -0.3 is 10.4 Å². The number of anilines is 1. The zero-order valence-electron chi connectivity index (χ0n) is 15.7. The predicted octanol–water partition coefficient (Wildman–Crippen LogP) is 6.76. The molecule has 0 saturated carbocycles. The molecule has 3 nitrogen and oxygen atoms in total. The van der Waals surface area contributed by atoms with Crippen LogP contribution in [0.3, 0.4) is 0 Å². The summed E-state index contributed by atoms with van der Waals surface area (Å²) in [5, 5.41) is 17.4. The van der Waals surface area contributed by atoms with E-state index < -0.39 is 0 Å². The van der Waals surface area contributed by atoms with Gasteiger partial charge in [0.1, 0.15) is 0 Å². The predicted molar refractivity (Wildman–Crippen MR) is 129 cm³/mol. The van der Waals surface area contributed by atoms with Gasteiger partial charge in [-0.05, 0) is 29.7 Å². The molecule has 0 spiro atoms. The molecule has 1 aromatic heterocycles. The molecule has 0 unspecified atom stereocenters. The molecule has 0 amide bonds. The van der Waals surface area contributed by atoms with Crippen LogP contribution in [0.15, 0.2) is 91.3 Å². The number of pyridine rings is 1. The first-order valence-electron chi connectivity index (χ1n) is 9.19. The molecule has 0 atom stereocenters. The van der Waals surface area contributed by atoms with E-state index in [-0.39, 0.29) is 5.76 Å². The average Bonchev–Trinajstić information content (AvgIpc) is 2.75. The zero-order chi connectivity index (χ0) is 21.1. The van der Waals surface area contributed by atoms with Gasteiger partial charge in [0.25, 0.3) is 5.70 Å². The van der Waals surface area contributed by atoms with Crippen molar-refractivity contribution in [2.24, 2.45) is 0 Å². The highest BCUT2D eigenvalue weighted by Gasteiger charge is 2.25. The third-order valence-corrected chi connectivity index (χ3v) is 5.48. The van der Waals surface area contributed by atoms with Crippen molar-refractivity contribution in [2.75, 3.05) is 5.32 Å². The maximum atomic E-state index is 11.2. The van der Waals surface area contributed by atoms with Gasteiger partial charge in [0.15, 0.2) is 17.4 Å². The molecule has 3 aromatic carbocycles. The number of hydrogen-bond acceptors (Lipinski definition) is 2. The number of rotatable bonds is 4. The van der Waals surface area contributed by atoms with Gasteiger partial charge in [-0.3, -0.25) is 0 Å². The van der Waals surface area contributed by atoms with Gasteiger partial charge in [-0.15, -0.1) is 0 Å². The Bertz CT molecular complexity index is 1270. The van der Waals surface area contributed by atoms with E-state index in [1.807, 2.05) is 73.1 Å². The molecule has 6 heteroatoms. The molecule has 148 valence electrons. The molecule has 4 aromatic rings. The van der Waals surface area contributed by atoms with E-state index in [1.165, 1.54) is 0 Å². The summed E-state index contributed by atoms with van der Waals surface area (Å²) in [7, 11) is 0. The molecule has 2 N–H and O–H groups in total. The van der Waals surface area contributed by atoms with E-state index in [4.69, 9.17) is 35.4 Å². The highest BCUT2D eigenvalue weighted by molar-refractivity contribution is 7.81. The summed E-state index contributed by atoms with van der Waals surface area (Å²) in [6, 6.07) is 24.5. The van der Waals surface area contributed by atoms with Gasteiger partial charge in [-0.2, -0.15) is 4.57 Å². The number of hydrogen-bond donors (Lipinski definition) is 2. The molecule has 1 heterocycles. The van der Waals surface area contributed by atoms with Crippen molar-refractivity contribution in [2.45, 2.75) is 0 Å². The third-order valence-electron chi connectivity index (χ3n) is 4.64. The first-order valence-corrected chi connectivity index (χ1v) is 10.4. The number of aliphatic hydroxyl groups excluding tert-OH is 1. The topological polar surface area (TPSA) is 36.1 Å². The lowest BCUT2D eigenvalue weighted by Gasteiger charge is -2.12.